The lowest BCUT2D eigenvalue weighted by atomic mass is 10.0. The minimum Gasteiger partial charge on any atom is -0.463 e. The summed E-state index contributed by atoms with van der Waals surface area (Å²) >= 11 is 0. The van der Waals surface area contributed by atoms with Crippen LogP contribution >= 0.6 is 0 Å². The summed E-state index contributed by atoms with van der Waals surface area (Å²) in [4.78, 5) is 13.6. The first-order valence-corrected chi connectivity index (χ1v) is 6.03. The molecule has 0 saturated carbocycles. The molecule has 1 aliphatic heterocycles. The van der Waals surface area contributed by atoms with Crippen LogP contribution in [0.15, 0.2) is 41.6 Å². The summed E-state index contributed by atoms with van der Waals surface area (Å²) in [6, 6.07) is 8.11. The van der Waals surface area contributed by atoms with E-state index in [1.807, 2.05) is 37.1 Å². The molecule has 0 amide bonds. The molecule has 0 aromatic heterocycles. The normalized spacial score (nSPS) is 16.3. The zero-order valence-corrected chi connectivity index (χ0v) is 10.9. The van der Waals surface area contributed by atoms with Crippen molar-refractivity contribution < 1.29 is 9.53 Å². The van der Waals surface area contributed by atoms with Crippen LogP contribution in [0.3, 0.4) is 0 Å². The molecule has 0 saturated heterocycles. The lowest BCUT2D eigenvalue weighted by molar-refractivity contribution is -0.137. The number of esters is 1. The number of fused-ring (bicyclic) bond motifs is 1. The third kappa shape index (κ3) is 2.30. The van der Waals surface area contributed by atoms with E-state index >= 15 is 0 Å². The van der Waals surface area contributed by atoms with Gasteiger partial charge < -0.3 is 9.64 Å². The highest BCUT2D eigenvalue weighted by Crippen LogP contribution is 2.33. The standard InChI is InChI=1S/C15H17NO2/c1-4-18-15(17)10-14-11(2)9-12-7-5-6-8-13(12)16(14)3/h5-10H,4H2,1-3H3/b14-10+. The summed E-state index contributed by atoms with van der Waals surface area (Å²) in [5, 5.41) is 0. The van der Waals surface area contributed by atoms with Crippen molar-refractivity contribution in [1.82, 2.24) is 0 Å². The first-order valence-electron chi connectivity index (χ1n) is 6.03. The molecule has 0 radical (unpaired) electrons. The van der Waals surface area contributed by atoms with E-state index in [-0.39, 0.29) is 5.97 Å². The third-order valence-electron chi connectivity index (χ3n) is 2.98. The molecule has 0 bridgehead atoms. The molecule has 18 heavy (non-hydrogen) atoms. The molecule has 1 heterocycles. The molecule has 94 valence electrons. The van der Waals surface area contributed by atoms with Crippen LogP contribution in [0.5, 0.6) is 0 Å². The Kier molecular flexibility index (Phi) is 3.51. The highest BCUT2D eigenvalue weighted by atomic mass is 16.5. The minimum absolute atomic E-state index is 0.300. The second kappa shape index (κ2) is 5.08. The van der Waals surface area contributed by atoms with Gasteiger partial charge in [0.05, 0.1) is 12.3 Å². The van der Waals surface area contributed by atoms with Gasteiger partial charge in [-0.15, -0.1) is 0 Å². The number of hydrogen-bond donors (Lipinski definition) is 0. The topological polar surface area (TPSA) is 29.5 Å². The second-order valence-corrected chi connectivity index (χ2v) is 4.23. The number of nitrogens with zero attached hydrogens (tertiary/aromatic N) is 1. The first-order chi connectivity index (χ1) is 8.63. The van der Waals surface area contributed by atoms with Crippen molar-refractivity contribution in [1.29, 1.82) is 0 Å². The van der Waals surface area contributed by atoms with E-state index in [1.54, 1.807) is 13.0 Å². The number of carbonyl (C=O) groups excluding carboxylic acids is 1. The second-order valence-electron chi connectivity index (χ2n) is 4.23. The Labute approximate surface area is 107 Å². The zero-order chi connectivity index (χ0) is 13.1. The molecule has 1 aliphatic rings. The maximum atomic E-state index is 11.6. The van der Waals surface area contributed by atoms with E-state index in [9.17, 15) is 4.79 Å². The Morgan fingerprint density at radius 3 is 2.83 bits per heavy atom. The Balaban J connectivity index is 2.39. The Bertz CT molecular complexity index is 529. The quantitative estimate of drug-likeness (QED) is 0.590. The van der Waals surface area contributed by atoms with Gasteiger partial charge in [-0.2, -0.15) is 0 Å². The van der Waals surface area contributed by atoms with Gasteiger partial charge in [-0.1, -0.05) is 18.2 Å². The van der Waals surface area contributed by atoms with Gasteiger partial charge in [-0.25, -0.2) is 4.79 Å². The van der Waals surface area contributed by atoms with Crippen LogP contribution in [-0.4, -0.2) is 19.6 Å². The van der Waals surface area contributed by atoms with Crippen molar-refractivity contribution in [3.63, 3.8) is 0 Å². The number of carbonyl (C=O) groups is 1. The highest BCUT2D eigenvalue weighted by Gasteiger charge is 2.18. The number of anilines is 1. The SMILES string of the molecule is CCOC(=O)/C=C1\C(C)=Cc2ccccc2N1C. The summed E-state index contributed by atoms with van der Waals surface area (Å²) < 4.78 is 4.96. The Hall–Kier alpha value is -2.03. The molecule has 0 unspecified atom stereocenters. The van der Waals surface area contributed by atoms with E-state index in [1.165, 1.54) is 5.56 Å². The predicted molar refractivity (Wildman–Crippen MR) is 73.2 cm³/mol. The number of ether oxygens (including phenoxy) is 1. The fraction of sp³-hybridized carbons (Fsp3) is 0.267. The Morgan fingerprint density at radius 1 is 1.39 bits per heavy atom. The number of rotatable bonds is 2. The molecule has 0 aliphatic carbocycles. The van der Waals surface area contributed by atoms with Crippen molar-refractivity contribution >= 4 is 17.7 Å². The number of likely N-dealkylation sites (N-methyl/N-ethyl adjacent to an activating group) is 1. The van der Waals surface area contributed by atoms with Gasteiger partial charge in [0.15, 0.2) is 0 Å². The van der Waals surface area contributed by atoms with E-state index in [2.05, 4.69) is 12.1 Å². The van der Waals surface area contributed by atoms with Gasteiger partial charge in [0.25, 0.3) is 0 Å². The van der Waals surface area contributed by atoms with Crippen LogP contribution in [-0.2, 0) is 9.53 Å². The summed E-state index contributed by atoms with van der Waals surface area (Å²) in [6.45, 7) is 4.20. The van der Waals surface area contributed by atoms with Crippen LogP contribution in [0.25, 0.3) is 6.08 Å². The number of para-hydroxylation sites is 1. The largest absolute Gasteiger partial charge is 0.463 e. The fourth-order valence-electron chi connectivity index (χ4n) is 2.12. The maximum Gasteiger partial charge on any atom is 0.332 e. The molecule has 1 aromatic carbocycles. The van der Waals surface area contributed by atoms with Crippen molar-refractivity contribution in [2.45, 2.75) is 13.8 Å². The smallest absolute Gasteiger partial charge is 0.332 e. The van der Waals surface area contributed by atoms with Crippen molar-refractivity contribution in [3.8, 4) is 0 Å². The summed E-state index contributed by atoms with van der Waals surface area (Å²) in [7, 11) is 1.96. The summed E-state index contributed by atoms with van der Waals surface area (Å²) in [5.41, 5.74) is 4.20. The van der Waals surface area contributed by atoms with Crippen LogP contribution in [0.4, 0.5) is 5.69 Å². The van der Waals surface area contributed by atoms with E-state index in [0.29, 0.717) is 6.61 Å². The summed E-state index contributed by atoms with van der Waals surface area (Å²) in [6.07, 6.45) is 3.63. The van der Waals surface area contributed by atoms with Gasteiger partial charge in [0.1, 0.15) is 0 Å². The maximum absolute atomic E-state index is 11.6. The number of allylic oxidation sites excluding steroid dienone is 1. The van der Waals surface area contributed by atoms with Crippen LogP contribution in [0.1, 0.15) is 19.4 Å². The molecule has 0 spiro atoms. The number of hydrogen-bond acceptors (Lipinski definition) is 3. The molecule has 0 fully saturated rings. The van der Waals surface area contributed by atoms with Crippen molar-refractivity contribution in [3.05, 3.63) is 47.2 Å². The lowest BCUT2D eigenvalue weighted by Crippen LogP contribution is -2.22. The van der Waals surface area contributed by atoms with Crippen LogP contribution in [0, 0.1) is 0 Å². The average Bonchev–Trinajstić information content (AvgIpc) is 2.35. The fourth-order valence-corrected chi connectivity index (χ4v) is 2.12. The van der Waals surface area contributed by atoms with Crippen LogP contribution in [0.2, 0.25) is 0 Å². The van der Waals surface area contributed by atoms with E-state index < -0.39 is 0 Å². The van der Waals surface area contributed by atoms with Gasteiger partial charge in [0.2, 0.25) is 0 Å². The predicted octanol–water partition coefficient (Wildman–Crippen LogP) is 2.99. The van der Waals surface area contributed by atoms with Crippen molar-refractivity contribution in [2.24, 2.45) is 0 Å². The van der Waals surface area contributed by atoms with Crippen molar-refractivity contribution in [2.75, 3.05) is 18.6 Å². The monoisotopic (exact) mass is 243 g/mol. The molecule has 1 aromatic rings. The highest BCUT2D eigenvalue weighted by molar-refractivity contribution is 5.88. The molecule has 3 heteroatoms. The molecule has 0 N–H and O–H groups in total. The average molecular weight is 243 g/mol. The van der Waals surface area contributed by atoms with E-state index in [0.717, 1.165) is 17.0 Å². The minimum atomic E-state index is -0.300. The molecule has 0 atom stereocenters. The molecular formula is C15H17NO2. The Morgan fingerprint density at radius 2 is 2.11 bits per heavy atom. The molecular weight excluding hydrogens is 226 g/mol. The molecule has 2 rings (SSSR count). The molecule has 3 nitrogen and oxygen atoms in total. The van der Waals surface area contributed by atoms with Gasteiger partial charge >= 0.3 is 5.97 Å². The van der Waals surface area contributed by atoms with Gasteiger partial charge in [-0.05, 0) is 37.1 Å². The third-order valence-corrected chi connectivity index (χ3v) is 2.98. The summed E-state index contributed by atoms with van der Waals surface area (Å²) in [5.74, 6) is -0.300. The zero-order valence-electron chi connectivity index (χ0n) is 10.9. The number of benzene rings is 1. The first kappa shape index (κ1) is 12.4. The lowest BCUT2D eigenvalue weighted by Gasteiger charge is -2.29. The van der Waals surface area contributed by atoms with Gasteiger partial charge in [-0.3, -0.25) is 0 Å². The van der Waals surface area contributed by atoms with Gasteiger partial charge in [0, 0.05) is 18.8 Å². The van der Waals surface area contributed by atoms with E-state index in [4.69, 9.17) is 4.74 Å². The van der Waals surface area contributed by atoms with Crippen LogP contribution < -0.4 is 4.90 Å².